The quantitative estimate of drug-likeness (QED) is 0.473. The van der Waals surface area contributed by atoms with E-state index < -0.39 is 0 Å². The number of benzene rings is 1. The van der Waals surface area contributed by atoms with Crippen molar-refractivity contribution in [3.8, 4) is 0 Å². The third-order valence-electron chi connectivity index (χ3n) is 2.14. The van der Waals surface area contributed by atoms with Crippen molar-refractivity contribution in [3.05, 3.63) is 29.3 Å². The van der Waals surface area contributed by atoms with E-state index in [1.807, 2.05) is 34.0 Å². The summed E-state index contributed by atoms with van der Waals surface area (Å²) in [6.07, 6.45) is 0. The SMILES string of the molecule is Cc1ccc(C)c(N/N=C(\N)N(C)C)c1.Cl. The molecule has 3 N–H and O–H groups in total. The van der Waals surface area contributed by atoms with Gasteiger partial charge in [-0.05, 0) is 31.0 Å². The monoisotopic (exact) mass is 242 g/mol. The summed E-state index contributed by atoms with van der Waals surface area (Å²) >= 11 is 0. The van der Waals surface area contributed by atoms with Gasteiger partial charge in [0.1, 0.15) is 0 Å². The number of hydrazone groups is 1. The first-order valence-electron chi connectivity index (χ1n) is 4.84. The van der Waals surface area contributed by atoms with E-state index in [2.05, 4.69) is 22.7 Å². The van der Waals surface area contributed by atoms with Crippen molar-refractivity contribution < 1.29 is 0 Å². The van der Waals surface area contributed by atoms with Crippen LogP contribution >= 0.6 is 12.4 Å². The Morgan fingerprint density at radius 3 is 2.50 bits per heavy atom. The molecule has 0 aliphatic rings. The highest BCUT2D eigenvalue weighted by Gasteiger charge is 1.98. The Balaban J connectivity index is 0.00000225. The normalized spacial score (nSPS) is 10.6. The maximum absolute atomic E-state index is 5.67. The first-order valence-corrected chi connectivity index (χ1v) is 4.84. The first kappa shape index (κ1) is 14.6. The molecule has 0 saturated carbocycles. The Bertz CT molecular complexity index is 374. The molecule has 0 aliphatic heterocycles. The minimum Gasteiger partial charge on any atom is -0.368 e. The zero-order valence-corrected chi connectivity index (χ0v) is 10.9. The molecule has 0 amide bonds. The Labute approximate surface area is 103 Å². The van der Waals surface area contributed by atoms with Gasteiger partial charge in [0.25, 0.3) is 0 Å². The summed E-state index contributed by atoms with van der Waals surface area (Å²) in [4.78, 5) is 1.75. The van der Waals surface area contributed by atoms with Crippen molar-refractivity contribution >= 4 is 24.1 Å². The number of rotatable bonds is 2. The van der Waals surface area contributed by atoms with E-state index in [4.69, 9.17) is 5.73 Å². The lowest BCUT2D eigenvalue weighted by Gasteiger charge is -2.12. The molecule has 5 heteroatoms. The molecule has 0 atom stereocenters. The molecule has 1 aromatic rings. The number of aryl methyl sites for hydroxylation is 2. The second kappa shape index (κ2) is 6.23. The second-order valence-electron chi connectivity index (χ2n) is 3.79. The van der Waals surface area contributed by atoms with Crippen LogP contribution < -0.4 is 11.2 Å². The van der Waals surface area contributed by atoms with Gasteiger partial charge in [-0.25, -0.2) is 0 Å². The van der Waals surface area contributed by atoms with Crippen molar-refractivity contribution in [3.63, 3.8) is 0 Å². The van der Waals surface area contributed by atoms with Crippen LogP contribution in [0.5, 0.6) is 0 Å². The summed E-state index contributed by atoms with van der Waals surface area (Å²) in [6, 6.07) is 6.17. The van der Waals surface area contributed by atoms with Gasteiger partial charge in [0.2, 0.25) is 5.96 Å². The molecule has 16 heavy (non-hydrogen) atoms. The van der Waals surface area contributed by atoms with Crippen molar-refractivity contribution in [1.29, 1.82) is 0 Å². The summed E-state index contributed by atoms with van der Waals surface area (Å²) in [5.41, 5.74) is 12.0. The highest BCUT2D eigenvalue weighted by Crippen LogP contribution is 2.15. The standard InChI is InChI=1S/C11H18N4.ClH/c1-8-5-6-9(2)10(7-8)13-14-11(12)15(3)4;/h5-7,13H,1-4H3,(H2,12,14);1H. The highest BCUT2D eigenvalue weighted by molar-refractivity contribution is 5.85. The van der Waals surface area contributed by atoms with Crippen LogP contribution in [-0.2, 0) is 0 Å². The average Bonchev–Trinajstić information content (AvgIpc) is 2.18. The second-order valence-corrected chi connectivity index (χ2v) is 3.79. The molecule has 0 aliphatic carbocycles. The van der Waals surface area contributed by atoms with Crippen LogP contribution in [0.3, 0.4) is 0 Å². The van der Waals surface area contributed by atoms with E-state index in [1.54, 1.807) is 4.90 Å². The summed E-state index contributed by atoms with van der Waals surface area (Å²) < 4.78 is 0. The fourth-order valence-electron chi connectivity index (χ4n) is 1.07. The molecular weight excluding hydrogens is 224 g/mol. The van der Waals surface area contributed by atoms with Crippen LogP contribution in [0.4, 0.5) is 5.69 Å². The number of nitrogens with one attached hydrogen (secondary N) is 1. The van der Waals surface area contributed by atoms with Crippen LogP contribution in [-0.4, -0.2) is 25.0 Å². The molecule has 90 valence electrons. The maximum atomic E-state index is 5.67. The fraction of sp³-hybridized carbons (Fsp3) is 0.364. The number of halogens is 1. The Kier molecular flexibility index (Phi) is 5.67. The van der Waals surface area contributed by atoms with Gasteiger partial charge in [-0.2, -0.15) is 0 Å². The van der Waals surface area contributed by atoms with Gasteiger partial charge >= 0.3 is 0 Å². The minimum absolute atomic E-state index is 0. The van der Waals surface area contributed by atoms with Gasteiger partial charge in [-0.15, -0.1) is 17.5 Å². The van der Waals surface area contributed by atoms with E-state index in [9.17, 15) is 0 Å². The Morgan fingerprint density at radius 2 is 1.94 bits per heavy atom. The van der Waals surface area contributed by atoms with E-state index >= 15 is 0 Å². The number of hydrogen-bond donors (Lipinski definition) is 2. The van der Waals surface area contributed by atoms with Crippen molar-refractivity contribution in [2.24, 2.45) is 10.8 Å². The molecular formula is C11H19ClN4. The first-order chi connectivity index (χ1) is 7.00. The van der Waals surface area contributed by atoms with E-state index in [1.165, 1.54) is 5.56 Å². The highest BCUT2D eigenvalue weighted by atomic mass is 35.5. The van der Waals surface area contributed by atoms with Crippen molar-refractivity contribution in [1.82, 2.24) is 4.90 Å². The predicted molar refractivity (Wildman–Crippen MR) is 72.1 cm³/mol. The maximum Gasteiger partial charge on any atom is 0.213 e. The number of nitrogens with two attached hydrogens (primary N) is 1. The molecule has 4 nitrogen and oxygen atoms in total. The van der Waals surface area contributed by atoms with E-state index in [0.29, 0.717) is 5.96 Å². The molecule has 0 unspecified atom stereocenters. The number of guanidine groups is 1. The zero-order chi connectivity index (χ0) is 11.4. The Hall–Kier alpha value is -1.42. The molecule has 0 radical (unpaired) electrons. The smallest absolute Gasteiger partial charge is 0.213 e. The van der Waals surface area contributed by atoms with Crippen LogP contribution in [0.15, 0.2) is 23.3 Å². The van der Waals surface area contributed by atoms with Crippen molar-refractivity contribution in [2.75, 3.05) is 19.5 Å². The number of nitrogens with zero attached hydrogens (tertiary/aromatic N) is 2. The van der Waals surface area contributed by atoms with Gasteiger partial charge in [0.15, 0.2) is 0 Å². The van der Waals surface area contributed by atoms with Crippen molar-refractivity contribution in [2.45, 2.75) is 13.8 Å². The molecule has 1 aromatic carbocycles. The lowest BCUT2D eigenvalue weighted by Crippen LogP contribution is -2.31. The van der Waals surface area contributed by atoms with Gasteiger partial charge in [0.05, 0.1) is 5.69 Å². The van der Waals surface area contributed by atoms with Crippen LogP contribution in [0, 0.1) is 13.8 Å². The molecule has 0 bridgehead atoms. The topological polar surface area (TPSA) is 53.6 Å². The summed E-state index contributed by atoms with van der Waals surface area (Å²) in [6.45, 7) is 4.08. The summed E-state index contributed by atoms with van der Waals surface area (Å²) in [5.74, 6) is 0.455. The van der Waals surface area contributed by atoms with Crippen LogP contribution in [0.2, 0.25) is 0 Å². The van der Waals surface area contributed by atoms with Gasteiger partial charge in [-0.3, -0.25) is 5.43 Å². The predicted octanol–water partition coefficient (Wildman–Crippen LogP) is 1.93. The number of hydrogen-bond acceptors (Lipinski definition) is 2. The lowest BCUT2D eigenvalue weighted by molar-refractivity contribution is 0.613. The summed E-state index contributed by atoms with van der Waals surface area (Å²) in [5, 5.41) is 4.07. The Morgan fingerprint density at radius 1 is 1.31 bits per heavy atom. The van der Waals surface area contributed by atoms with E-state index in [-0.39, 0.29) is 12.4 Å². The molecule has 0 saturated heterocycles. The largest absolute Gasteiger partial charge is 0.368 e. The molecule has 0 spiro atoms. The van der Waals surface area contributed by atoms with Gasteiger partial charge in [0, 0.05) is 14.1 Å². The minimum atomic E-state index is 0. The molecule has 0 fully saturated rings. The van der Waals surface area contributed by atoms with E-state index in [0.717, 1.165) is 11.3 Å². The third kappa shape index (κ3) is 3.98. The lowest BCUT2D eigenvalue weighted by atomic mass is 10.1. The van der Waals surface area contributed by atoms with Gasteiger partial charge < -0.3 is 10.6 Å². The van der Waals surface area contributed by atoms with Gasteiger partial charge in [-0.1, -0.05) is 12.1 Å². The van der Waals surface area contributed by atoms with Crippen LogP contribution in [0.1, 0.15) is 11.1 Å². The molecule has 0 heterocycles. The molecule has 0 aromatic heterocycles. The average molecular weight is 243 g/mol. The zero-order valence-electron chi connectivity index (χ0n) is 10.1. The van der Waals surface area contributed by atoms with Crippen LogP contribution in [0.25, 0.3) is 0 Å². The molecule has 1 rings (SSSR count). The summed E-state index contributed by atoms with van der Waals surface area (Å²) in [7, 11) is 3.70. The third-order valence-corrected chi connectivity index (χ3v) is 2.14. The fourth-order valence-corrected chi connectivity index (χ4v) is 1.07. The number of anilines is 1.